The van der Waals surface area contributed by atoms with Crippen molar-refractivity contribution in [1.82, 2.24) is 35.1 Å². The third-order valence-electron chi connectivity index (χ3n) is 19.0. The topological polar surface area (TPSA) is 421 Å². The number of aliphatic hydroxyl groups is 1. The summed E-state index contributed by atoms with van der Waals surface area (Å²) in [5.41, 5.74) is 4.80. The minimum Gasteiger partial charge on any atom is -0.468 e. The fraction of sp³-hybridized carbons (Fsp3) is 0.458. The lowest BCUT2D eigenvalue weighted by Gasteiger charge is -2.36. The first-order valence-corrected chi connectivity index (χ1v) is 35.2. The quantitative estimate of drug-likeness (QED) is 0.0199. The minimum atomic E-state index is -0.720. The summed E-state index contributed by atoms with van der Waals surface area (Å²) in [4.78, 5) is 146. The number of hydrogen-bond acceptors (Lipinski definition) is 30. The zero-order valence-corrected chi connectivity index (χ0v) is 61.4. The molecule has 0 aliphatic carbocycles. The van der Waals surface area contributed by atoms with Crippen LogP contribution in [0.3, 0.4) is 0 Å². The highest BCUT2D eigenvalue weighted by molar-refractivity contribution is 6.31. The van der Waals surface area contributed by atoms with Crippen LogP contribution in [-0.4, -0.2) is 225 Å². The van der Waals surface area contributed by atoms with Crippen LogP contribution in [0.2, 0.25) is 10.2 Å². The van der Waals surface area contributed by atoms with Gasteiger partial charge in [-0.25, -0.2) is 44.1 Å². The Morgan fingerprint density at radius 1 is 0.509 bits per heavy atom. The van der Waals surface area contributed by atoms with Gasteiger partial charge in [-0.05, 0) is 124 Å². The molecule has 5 atom stereocenters. The number of halogens is 2. The SMILES string of the molecule is C.C.COC(=O)[C@@H]1CCCN1.COC(=O)c1cnc(Cl)c([N+](=O)[O-])c1.COC(=O)c1cnc(N2CCC[C@H]2C(=O)OC)c([N+](=O)[O-])c1.COC(=O)c1cnc2c(c1)NC(=O)[C@@H]1CCCN21.O=C1Nc2cc(CN3CCN(c4ccc(Cl)cc4)CC3)cnc2N2CCC[C@@H]12.O=C1Nc2cc(CO)cnc2N2CCC[C@@H]12.[B]. The summed E-state index contributed by atoms with van der Waals surface area (Å²) in [6.07, 6.45) is 16.4. The number of esters is 5. The van der Waals surface area contributed by atoms with E-state index in [9.17, 15) is 58.6 Å². The monoisotopic (exact) mass is 1560 g/mol. The normalized spacial score (nSPS) is 19.1. The van der Waals surface area contributed by atoms with Gasteiger partial charge < -0.3 is 74.6 Å². The fourth-order valence-corrected chi connectivity index (χ4v) is 14.0. The van der Waals surface area contributed by atoms with Crippen LogP contribution in [0.5, 0.6) is 0 Å². The Bertz CT molecular complexity index is 4310. The number of fused-ring (bicyclic) bond motifs is 9. The van der Waals surface area contributed by atoms with E-state index in [0.29, 0.717) is 30.6 Å². The lowest BCUT2D eigenvalue weighted by molar-refractivity contribution is -0.385. The van der Waals surface area contributed by atoms with Gasteiger partial charge in [0.05, 0.1) is 85.8 Å². The zero-order valence-electron chi connectivity index (χ0n) is 59.9. The first kappa shape index (κ1) is 86.3. The molecule has 3 amide bonds. The molecule has 5 N–H and O–H groups in total. The first-order chi connectivity index (χ1) is 51.6. The predicted molar refractivity (Wildman–Crippen MR) is 410 cm³/mol. The third-order valence-corrected chi connectivity index (χ3v) is 19.5. The molecule has 587 valence electrons. The smallest absolute Gasteiger partial charge is 0.339 e. The number of carbonyl (C=O) groups is 8. The number of nitrogens with one attached hydrogen (secondary N) is 4. The van der Waals surface area contributed by atoms with Crippen molar-refractivity contribution in [3.8, 4) is 0 Å². The van der Waals surface area contributed by atoms with Gasteiger partial charge in [0, 0.05) is 121 Å². The minimum absolute atomic E-state index is 0. The van der Waals surface area contributed by atoms with Crippen LogP contribution in [0.25, 0.3) is 0 Å². The summed E-state index contributed by atoms with van der Waals surface area (Å²) in [7, 11) is 6.35. The molecule has 9 aliphatic rings. The van der Waals surface area contributed by atoms with Crippen molar-refractivity contribution in [1.29, 1.82) is 0 Å². The maximum atomic E-state index is 12.3. The number of benzene rings is 1. The zero-order chi connectivity index (χ0) is 76.6. The van der Waals surface area contributed by atoms with E-state index in [4.69, 9.17) is 38.0 Å². The average Bonchev–Trinajstić information content (AvgIpc) is 1.56. The number of anilines is 8. The largest absolute Gasteiger partial charge is 0.468 e. The Labute approximate surface area is 646 Å². The van der Waals surface area contributed by atoms with Crippen molar-refractivity contribution in [3.05, 3.63) is 144 Å². The Morgan fingerprint density at radius 3 is 1.40 bits per heavy atom. The number of amides is 3. The summed E-state index contributed by atoms with van der Waals surface area (Å²) < 4.78 is 22.8. The number of methoxy groups -OCH3 is 5. The summed E-state index contributed by atoms with van der Waals surface area (Å²) >= 11 is 11.4. The van der Waals surface area contributed by atoms with Crippen LogP contribution in [0.4, 0.5) is 57.4 Å². The van der Waals surface area contributed by atoms with E-state index in [2.05, 4.69) is 97.9 Å². The number of carbonyl (C=O) groups excluding carboxylic acids is 8. The van der Waals surface area contributed by atoms with Crippen LogP contribution in [0.1, 0.15) is 121 Å². The molecule has 15 rings (SSSR count). The second kappa shape index (κ2) is 39.9. The highest BCUT2D eigenvalue weighted by Gasteiger charge is 2.41. The molecule has 6 saturated heterocycles. The molecule has 0 unspecified atom stereocenters. The molecule has 0 spiro atoms. The number of hydrogen-bond donors (Lipinski definition) is 5. The van der Waals surface area contributed by atoms with Crippen molar-refractivity contribution in [3.63, 3.8) is 0 Å². The second-order valence-corrected chi connectivity index (χ2v) is 26.4. The number of piperazine rings is 1. The summed E-state index contributed by atoms with van der Waals surface area (Å²) in [6.45, 7) is 8.81. The van der Waals surface area contributed by atoms with E-state index in [0.717, 1.165) is 174 Å². The van der Waals surface area contributed by atoms with Crippen molar-refractivity contribution in [2.24, 2.45) is 0 Å². The Hall–Kier alpha value is -10.9. The van der Waals surface area contributed by atoms with E-state index in [1.807, 2.05) is 23.2 Å². The van der Waals surface area contributed by atoms with Gasteiger partial charge in [0.15, 0.2) is 17.5 Å². The molecule has 38 heteroatoms. The molecule has 35 nitrogen and oxygen atoms in total. The van der Waals surface area contributed by atoms with Crippen molar-refractivity contribution < 1.29 is 77.0 Å². The van der Waals surface area contributed by atoms with Crippen LogP contribution < -0.4 is 45.8 Å². The highest BCUT2D eigenvalue weighted by Crippen LogP contribution is 2.39. The van der Waals surface area contributed by atoms with Gasteiger partial charge in [0.2, 0.25) is 28.7 Å². The van der Waals surface area contributed by atoms with Gasteiger partial charge in [0.25, 0.3) is 0 Å². The molecule has 110 heavy (non-hydrogen) atoms. The van der Waals surface area contributed by atoms with Gasteiger partial charge in [-0.1, -0.05) is 38.1 Å². The molecule has 14 heterocycles. The molecule has 6 aromatic rings. The van der Waals surface area contributed by atoms with Crippen LogP contribution in [0, 0.1) is 20.2 Å². The third kappa shape index (κ3) is 20.5. The summed E-state index contributed by atoms with van der Waals surface area (Å²) in [5, 5.41) is 43.0. The molecule has 5 aromatic heterocycles. The summed E-state index contributed by atoms with van der Waals surface area (Å²) in [6, 6.07) is 14.8. The summed E-state index contributed by atoms with van der Waals surface area (Å²) in [5.74, 6) is 0.214. The number of aromatic nitrogens is 5. The lowest BCUT2D eigenvalue weighted by atomic mass is 10.1. The van der Waals surface area contributed by atoms with Crippen molar-refractivity contribution in [2.75, 3.05) is 135 Å². The number of nitro groups is 2. The predicted octanol–water partition coefficient (Wildman–Crippen LogP) is 7.41. The lowest BCUT2D eigenvalue weighted by Crippen LogP contribution is -2.46. The van der Waals surface area contributed by atoms with Crippen LogP contribution >= 0.6 is 23.2 Å². The Morgan fingerprint density at radius 2 is 0.936 bits per heavy atom. The van der Waals surface area contributed by atoms with E-state index >= 15 is 0 Å². The molecular weight excluding hydrogens is 1470 g/mol. The maximum Gasteiger partial charge on any atom is 0.339 e. The number of nitrogens with zero attached hydrogens (tertiary/aromatic N) is 13. The van der Waals surface area contributed by atoms with E-state index in [1.165, 1.54) is 58.5 Å². The second-order valence-electron chi connectivity index (χ2n) is 25.6. The molecule has 1 aromatic carbocycles. The average molecular weight is 1560 g/mol. The van der Waals surface area contributed by atoms with Crippen molar-refractivity contribution >= 4 is 137 Å². The maximum absolute atomic E-state index is 12.3. The van der Waals surface area contributed by atoms with Gasteiger partial charge in [-0.3, -0.25) is 44.3 Å². The molecule has 0 bridgehead atoms. The van der Waals surface area contributed by atoms with Gasteiger partial charge in [-0.2, -0.15) is 0 Å². The Kier molecular flexibility index (Phi) is 31.3. The molecular formula is C72H89BCl2N17O18. The molecule has 6 fully saturated rings. The van der Waals surface area contributed by atoms with Gasteiger partial charge in [0.1, 0.15) is 30.2 Å². The Balaban J connectivity index is 0.000000188. The number of aliphatic hydroxyl groups excluding tert-OH is 1. The fourth-order valence-electron chi connectivity index (χ4n) is 13.7. The van der Waals surface area contributed by atoms with Gasteiger partial charge >= 0.3 is 41.2 Å². The molecule has 9 aliphatic heterocycles. The number of ether oxygens (including phenoxy) is 5. The van der Waals surface area contributed by atoms with Crippen molar-refractivity contribution in [2.45, 2.75) is 122 Å². The van der Waals surface area contributed by atoms with E-state index < -0.39 is 45.5 Å². The first-order valence-electron chi connectivity index (χ1n) is 34.5. The molecule has 0 saturated carbocycles. The molecule has 3 radical (unpaired) electrons. The van der Waals surface area contributed by atoms with Crippen LogP contribution in [0.15, 0.2) is 85.6 Å². The van der Waals surface area contributed by atoms with Gasteiger partial charge in [-0.15, -0.1) is 0 Å². The van der Waals surface area contributed by atoms with E-state index in [1.54, 1.807) is 18.3 Å². The standard InChI is InChI=1S/C21H24ClN5O.C13H15N3O6.C12H13N3O3.C11H13N3O2.C7H5ClN2O4.C6H11NO2.2CH4.B/c22-16-3-5-17(6-4-16)26-10-8-25(9-11-26)14-15-12-18-20(23-13-15)27-7-1-2-19(27)21(28)24-18;1-21-12(17)8-6-10(16(19)20)11(14-7-8)15-5-3-4-9(15)13(18)22-2;1-18-12(17)7-5-8-10(13-6-7)15-4-2-3-9(15)11(16)14-8;15-6-7-4-8-10(12-5-7)14-3-1-2-9(14)11(16)13-8;1-14-7(11)4-2-5(10(12)13)6(8)9-3-4;1-9-6(8)5-3-2-4-7-5;;;/h3-6,12-13,19H,1-2,7-11,14H2,(H,24,28);6-7,9H,3-5H2,1-2H3;5-6,9H,2-4H2,1H3,(H,14,16);4-5,9,15H,1-3,6H2,(H,13,16);2-3H,1H3;5,7H,2-4H2,1H3;2*1H4;/t19-;3*9-;;5-;;;/m0000.0.../s1. The van der Waals surface area contributed by atoms with Crippen LogP contribution in [-0.2, 0) is 60.8 Å². The number of rotatable bonds is 12. The number of pyridine rings is 5. The highest BCUT2D eigenvalue weighted by atomic mass is 35.5. The van der Waals surface area contributed by atoms with E-state index in [-0.39, 0.29) is 106 Å².